The molecule has 3 rings (SSSR count). The van der Waals surface area contributed by atoms with Crippen LogP contribution >= 0.6 is 0 Å². The Bertz CT molecular complexity index is 698. The third kappa shape index (κ3) is 3.65. The molecule has 2 aliphatic heterocycles. The lowest BCUT2D eigenvalue weighted by Gasteiger charge is -2.40. The number of carboxylic acid groups (broad SMARTS) is 1. The van der Waals surface area contributed by atoms with Gasteiger partial charge < -0.3 is 10.0 Å². The quantitative estimate of drug-likeness (QED) is 0.731. The van der Waals surface area contributed by atoms with E-state index < -0.39 is 21.9 Å². The van der Waals surface area contributed by atoms with Crippen molar-refractivity contribution in [3.8, 4) is 0 Å². The van der Waals surface area contributed by atoms with Crippen molar-refractivity contribution in [3.05, 3.63) is 18.5 Å². The molecule has 0 saturated carbocycles. The van der Waals surface area contributed by atoms with E-state index >= 15 is 0 Å². The summed E-state index contributed by atoms with van der Waals surface area (Å²) >= 11 is 0. The molecule has 0 radical (unpaired) electrons. The normalized spacial score (nSPS) is 26.6. The number of carbonyl (C=O) groups is 1. The molecule has 2 saturated heterocycles. The van der Waals surface area contributed by atoms with E-state index in [-0.39, 0.29) is 6.04 Å². The number of sulfonamides is 1. The summed E-state index contributed by atoms with van der Waals surface area (Å²) in [6.45, 7) is 2.50. The third-order valence-electron chi connectivity index (χ3n) is 4.55. The summed E-state index contributed by atoms with van der Waals surface area (Å²) in [6.07, 6.45) is 4.44. The lowest BCUT2D eigenvalue weighted by Crippen LogP contribution is -2.57. The molecule has 0 aromatic carbocycles. The van der Waals surface area contributed by atoms with Crippen LogP contribution in [0.25, 0.3) is 0 Å². The van der Waals surface area contributed by atoms with Gasteiger partial charge in [0.15, 0.2) is 0 Å². The topological polar surface area (TPSA) is 107 Å². The summed E-state index contributed by atoms with van der Waals surface area (Å²) in [5, 5.41) is 9.50. The van der Waals surface area contributed by atoms with E-state index in [0.29, 0.717) is 45.2 Å². The van der Waals surface area contributed by atoms with Gasteiger partial charge in [-0.25, -0.2) is 18.4 Å². The van der Waals surface area contributed by atoms with Crippen LogP contribution in [0.3, 0.4) is 0 Å². The van der Waals surface area contributed by atoms with Crippen molar-refractivity contribution in [1.82, 2.24) is 19.2 Å². The Morgan fingerprint density at radius 1 is 1.17 bits per heavy atom. The number of hydrogen-bond donors (Lipinski definition) is 1. The molecule has 0 bridgehead atoms. The minimum atomic E-state index is -3.26. The summed E-state index contributed by atoms with van der Waals surface area (Å²) in [6, 6.07) is 1.62. The van der Waals surface area contributed by atoms with Crippen molar-refractivity contribution in [1.29, 1.82) is 0 Å². The van der Waals surface area contributed by atoms with Gasteiger partial charge in [-0.05, 0) is 6.07 Å². The summed E-state index contributed by atoms with van der Waals surface area (Å²) < 4.78 is 25.1. The van der Waals surface area contributed by atoms with E-state index in [2.05, 4.69) is 14.9 Å². The second-order valence-corrected chi connectivity index (χ2v) is 8.24. The zero-order valence-corrected chi connectivity index (χ0v) is 14.3. The van der Waals surface area contributed by atoms with Gasteiger partial charge in [-0.2, -0.15) is 4.31 Å². The first-order valence-electron chi connectivity index (χ1n) is 7.78. The summed E-state index contributed by atoms with van der Waals surface area (Å²) in [4.78, 5) is 23.9. The van der Waals surface area contributed by atoms with Crippen LogP contribution < -0.4 is 4.90 Å². The van der Waals surface area contributed by atoms with Crippen LogP contribution in [-0.2, 0) is 14.8 Å². The van der Waals surface area contributed by atoms with Crippen LogP contribution in [0, 0.1) is 5.92 Å². The van der Waals surface area contributed by atoms with E-state index in [1.165, 1.54) is 10.6 Å². The number of piperazine rings is 1. The average Bonchev–Trinajstić information content (AvgIpc) is 2.73. The first-order chi connectivity index (χ1) is 11.3. The predicted octanol–water partition coefficient (Wildman–Crippen LogP) is -1.06. The van der Waals surface area contributed by atoms with Crippen molar-refractivity contribution >= 4 is 21.9 Å². The smallest absolute Gasteiger partial charge is 0.309 e. The Balaban J connectivity index is 1.86. The van der Waals surface area contributed by atoms with Gasteiger partial charge in [-0.1, -0.05) is 0 Å². The highest BCUT2D eigenvalue weighted by Gasteiger charge is 2.38. The summed E-state index contributed by atoms with van der Waals surface area (Å²) in [7, 11) is -3.26. The standard InChI is InChI=1S/C14H21N5O4S/c1-24(22,23)19-6-5-17-7-11(13(20)21)8-18(9-12(17)10-19)14-15-3-2-4-16-14/h2-4,11-12H,5-10H2,1H3,(H,20,21)/t11-,12-/m0/s1. The highest BCUT2D eigenvalue weighted by Crippen LogP contribution is 2.22. The van der Waals surface area contributed by atoms with Gasteiger partial charge in [-0.15, -0.1) is 0 Å². The fourth-order valence-electron chi connectivity index (χ4n) is 3.29. The van der Waals surface area contributed by atoms with Crippen molar-refractivity contribution in [2.45, 2.75) is 6.04 Å². The number of fused-ring (bicyclic) bond motifs is 1. The molecule has 0 amide bonds. The van der Waals surface area contributed by atoms with Crippen LogP contribution in [0.15, 0.2) is 18.5 Å². The van der Waals surface area contributed by atoms with E-state index in [0.717, 1.165) is 0 Å². The van der Waals surface area contributed by atoms with E-state index in [1.807, 2.05) is 4.90 Å². The molecule has 132 valence electrons. The second kappa shape index (κ2) is 6.61. The number of aromatic nitrogens is 2. The van der Waals surface area contributed by atoms with Gasteiger partial charge in [0.25, 0.3) is 0 Å². The maximum atomic E-state index is 11.8. The molecule has 0 aliphatic carbocycles. The SMILES string of the molecule is CS(=O)(=O)N1CCN2C[C@H](C(=O)O)CN(c3ncccn3)C[C@H]2C1. The second-order valence-electron chi connectivity index (χ2n) is 6.26. The molecule has 0 spiro atoms. The third-order valence-corrected chi connectivity index (χ3v) is 5.82. The van der Waals surface area contributed by atoms with Crippen molar-refractivity contribution in [3.63, 3.8) is 0 Å². The lowest BCUT2D eigenvalue weighted by molar-refractivity contribution is -0.142. The maximum absolute atomic E-state index is 11.8. The molecular formula is C14H21N5O4S. The minimum Gasteiger partial charge on any atom is -0.481 e. The monoisotopic (exact) mass is 355 g/mol. The number of carboxylic acids is 1. The predicted molar refractivity (Wildman–Crippen MR) is 87.1 cm³/mol. The van der Waals surface area contributed by atoms with Gasteiger partial charge in [0, 0.05) is 57.7 Å². The van der Waals surface area contributed by atoms with Crippen LogP contribution in [0.1, 0.15) is 0 Å². The zero-order valence-electron chi connectivity index (χ0n) is 13.4. The molecule has 1 aromatic rings. The molecule has 0 unspecified atom stereocenters. The molecule has 3 heterocycles. The van der Waals surface area contributed by atoms with Crippen LogP contribution in [-0.4, -0.2) is 90.2 Å². The average molecular weight is 355 g/mol. The number of hydrogen-bond acceptors (Lipinski definition) is 7. The zero-order chi connectivity index (χ0) is 17.3. The Hall–Kier alpha value is -1.78. The number of rotatable bonds is 3. The molecule has 1 aromatic heterocycles. The van der Waals surface area contributed by atoms with Gasteiger partial charge in [0.05, 0.1) is 12.2 Å². The van der Waals surface area contributed by atoms with Crippen LogP contribution in [0.2, 0.25) is 0 Å². The molecule has 10 heteroatoms. The Labute approximate surface area is 141 Å². The Morgan fingerprint density at radius 3 is 2.50 bits per heavy atom. The first kappa shape index (κ1) is 17.1. The molecule has 2 aliphatic rings. The maximum Gasteiger partial charge on any atom is 0.309 e. The van der Waals surface area contributed by atoms with Crippen LogP contribution in [0.5, 0.6) is 0 Å². The van der Waals surface area contributed by atoms with Crippen molar-refractivity contribution < 1.29 is 18.3 Å². The minimum absolute atomic E-state index is 0.0818. The van der Waals surface area contributed by atoms with Crippen molar-refractivity contribution in [2.75, 3.05) is 50.4 Å². The van der Waals surface area contributed by atoms with Crippen LogP contribution in [0.4, 0.5) is 5.95 Å². The fourth-order valence-corrected chi connectivity index (χ4v) is 4.15. The lowest BCUT2D eigenvalue weighted by atomic mass is 10.1. The molecule has 24 heavy (non-hydrogen) atoms. The first-order valence-corrected chi connectivity index (χ1v) is 9.63. The van der Waals surface area contributed by atoms with Gasteiger partial charge in [-0.3, -0.25) is 9.69 Å². The Morgan fingerprint density at radius 2 is 1.88 bits per heavy atom. The summed E-state index contributed by atoms with van der Waals surface area (Å²) in [5.74, 6) is -0.951. The molecule has 2 atom stereocenters. The highest BCUT2D eigenvalue weighted by molar-refractivity contribution is 7.88. The highest BCUT2D eigenvalue weighted by atomic mass is 32.2. The number of aliphatic carboxylic acids is 1. The molecule has 9 nitrogen and oxygen atoms in total. The number of anilines is 1. The molecule has 1 N–H and O–H groups in total. The molecular weight excluding hydrogens is 334 g/mol. The summed E-state index contributed by atoms with van der Waals surface area (Å²) in [5.41, 5.74) is 0. The Kier molecular flexibility index (Phi) is 4.70. The van der Waals surface area contributed by atoms with Gasteiger partial charge in [0.1, 0.15) is 0 Å². The van der Waals surface area contributed by atoms with Gasteiger partial charge >= 0.3 is 5.97 Å². The van der Waals surface area contributed by atoms with E-state index in [4.69, 9.17) is 0 Å². The van der Waals surface area contributed by atoms with E-state index in [9.17, 15) is 18.3 Å². The van der Waals surface area contributed by atoms with Crippen molar-refractivity contribution in [2.24, 2.45) is 5.92 Å². The molecule has 2 fully saturated rings. The number of nitrogens with zero attached hydrogens (tertiary/aromatic N) is 5. The van der Waals surface area contributed by atoms with E-state index in [1.54, 1.807) is 18.5 Å². The van der Waals surface area contributed by atoms with Gasteiger partial charge in [0.2, 0.25) is 16.0 Å². The fraction of sp³-hybridized carbons (Fsp3) is 0.643. The largest absolute Gasteiger partial charge is 0.481 e.